The van der Waals surface area contributed by atoms with E-state index in [0.717, 1.165) is 19.3 Å². The Morgan fingerprint density at radius 3 is 2.95 bits per heavy atom. The summed E-state index contributed by atoms with van der Waals surface area (Å²) in [6.07, 6.45) is 3.40. The molecule has 21 heavy (non-hydrogen) atoms. The van der Waals surface area contributed by atoms with Gasteiger partial charge in [-0.3, -0.25) is 9.59 Å². The van der Waals surface area contributed by atoms with E-state index in [1.165, 1.54) is 31.0 Å². The van der Waals surface area contributed by atoms with Crippen molar-refractivity contribution in [2.45, 2.75) is 30.9 Å². The topological polar surface area (TPSA) is 55.4 Å². The molecule has 1 aromatic rings. The molecule has 1 aliphatic rings. The van der Waals surface area contributed by atoms with Gasteiger partial charge >= 0.3 is 0 Å². The smallest absolute Gasteiger partial charge is 0.234 e. The number of carbonyl (C=O) groups is 2. The second kappa shape index (κ2) is 7.45. The van der Waals surface area contributed by atoms with E-state index in [2.05, 4.69) is 5.32 Å². The van der Waals surface area contributed by atoms with E-state index in [-0.39, 0.29) is 28.4 Å². The Morgan fingerprint density at radius 1 is 1.48 bits per heavy atom. The lowest BCUT2D eigenvalue weighted by atomic mass is 9.99. The van der Waals surface area contributed by atoms with Crippen LogP contribution in [-0.4, -0.2) is 29.8 Å². The minimum Gasteiger partial charge on any atom is -0.497 e. The molecule has 1 aromatic carbocycles. The maximum atomic E-state index is 13.7. The summed E-state index contributed by atoms with van der Waals surface area (Å²) in [5.74, 6) is -0.0757. The molecule has 0 aliphatic heterocycles. The Kier molecular flexibility index (Phi) is 5.61. The first-order valence-corrected chi connectivity index (χ1v) is 7.92. The Morgan fingerprint density at radius 2 is 2.29 bits per heavy atom. The third kappa shape index (κ3) is 4.46. The Bertz CT molecular complexity index is 536. The lowest BCUT2D eigenvalue weighted by molar-refractivity contribution is -0.119. The van der Waals surface area contributed by atoms with E-state index in [4.69, 9.17) is 4.74 Å². The van der Waals surface area contributed by atoms with Crippen LogP contribution >= 0.6 is 11.8 Å². The number of Topliss-reactive ketones (excluding diaryl/α,β-unsaturated/α-hetero) is 1. The summed E-state index contributed by atoms with van der Waals surface area (Å²) >= 11 is 1.34. The molecule has 0 saturated heterocycles. The highest BCUT2D eigenvalue weighted by Gasteiger charge is 2.23. The van der Waals surface area contributed by atoms with E-state index < -0.39 is 5.82 Å². The average molecular weight is 311 g/mol. The van der Waals surface area contributed by atoms with E-state index in [1.54, 1.807) is 6.07 Å². The predicted molar refractivity (Wildman–Crippen MR) is 81.3 cm³/mol. The highest BCUT2D eigenvalue weighted by atomic mass is 32.2. The molecule has 0 aromatic heterocycles. The number of methoxy groups -OCH3 is 1. The van der Waals surface area contributed by atoms with Gasteiger partial charge in [-0.05, 0) is 25.0 Å². The fourth-order valence-electron chi connectivity index (χ4n) is 2.21. The molecule has 1 unspecified atom stereocenters. The van der Waals surface area contributed by atoms with Gasteiger partial charge in [0.1, 0.15) is 17.3 Å². The summed E-state index contributed by atoms with van der Waals surface area (Å²) in [4.78, 5) is 23.5. The molecule has 0 bridgehead atoms. The lowest BCUT2D eigenvalue weighted by Gasteiger charge is -2.19. The molecular formula is C15H18FNO3S. The number of hydrogen-bond donors (Lipinski definition) is 1. The number of anilines is 1. The molecule has 1 atom stereocenters. The third-order valence-corrected chi connectivity index (χ3v) is 4.69. The fourth-order valence-corrected chi connectivity index (χ4v) is 3.28. The Labute approximate surface area is 127 Å². The number of ketones is 1. The van der Waals surface area contributed by atoms with Crippen molar-refractivity contribution in [2.24, 2.45) is 0 Å². The van der Waals surface area contributed by atoms with Crippen molar-refractivity contribution < 1.29 is 18.7 Å². The van der Waals surface area contributed by atoms with Crippen LogP contribution in [0.1, 0.15) is 25.7 Å². The minimum atomic E-state index is -0.540. The van der Waals surface area contributed by atoms with Crippen molar-refractivity contribution in [1.29, 1.82) is 0 Å². The van der Waals surface area contributed by atoms with Gasteiger partial charge in [0.15, 0.2) is 0 Å². The maximum Gasteiger partial charge on any atom is 0.234 e. The van der Waals surface area contributed by atoms with Crippen LogP contribution in [0.25, 0.3) is 0 Å². The Hall–Kier alpha value is -1.56. The quantitative estimate of drug-likeness (QED) is 0.908. The summed E-state index contributed by atoms with van der Waals surface area (Å²) in [5, 5.41) is 2.42. The summed E-state index contributed by atoms with van der Waals surface area (Å²) in [5.41, 5.74) is 0.122. The number of halogens is 1. The molecule has 0 spiro atoms. The third-order valence-electron chi connectivity index (χ3n) is 3.36. The highest BCUT2D eigenvalue weighted by molar-refractivity contribution is 8.01. The predicted octanol–water partition coefficient (Wildman–Crippen LogP) is 3.02. The normalized spacial score (nSPS) is 18.4. The lowest BCUT2D eigenvalue weighted by Crippen LogP contribution is -2.24. The van der Waals surface area contributed by atoms with Crippen molar-refractivity contribution in [3.05, 3.63) is 24.0 Å². The van der Waals surface area contributed by atoms with Gasteiger partial charge in [-0.2, -0.15) is 0 Å². The molecule has 4 nitrogen and oxygen atoms in total. The van der Waals surface area contributed by atoms with E-state index >= 15 is 0 Å². The van der Waals surface area contributed by atoms with E-state index in [1.807, 2.05) is 0 Å². The number of thioether (sulfide) groups is 1. The minimum absolute atomic E-state index is 0.0924. The molecule has 1 saturated carbocycles. The molecular weight excluding hydrogens is 293 g/mol. The molecule has 6 heteroatoms. The molecule has 1 aliphatic carbocycles. The van der Waals surface area contributed by atoms with Gasteiger partial charge in [0, 0.05) is 12.5 Å². The standard InChI is InChI=1S/C15H18FNO3S/c1-20-10-6-7-12(11(16)8-10)17-15(19)9-21-14-5-3-2-4-13(14)18/h6-8,14H,2-5,9H2,1H3,(H,17,19). The van der Waals surface area contributed by atoms with Crippen molar-refractivity contribution in [3.8, 4) is 5.75 Å². The molecule has 1 fully saturated rings. The van der Waals surface area contributed by atoms with Gasteiger partial charge in [0.05, 0.1) is 23.8 Å². The van der Waals surface area contributed by atoms with Crippen LogP contribution in [-0.2, 0) is 9.59 Å². The van der Waals surface area contributed by atoms with Crippen LogP contribution in [0.15, 0.2) is 18.2 Å². The van der Waals surface area contributed by atoms with Gasteiger partial charge in [0.25, 0.3) is 0 Å². The second-order valence-electron chi connectivity index (χ2n) is 4.91. The zero-order valence-corrected chi connectivity index (χ0v) is 12.7. The van der Waals surface area contributed by atoms with Crippen LogP contribution in [0.2, 0.25) is 0 Å². The number of carbonyl (C=O) groups excluding carboxylic acids is 2. The van der Waals surface area contributed by atoms with Crippen LogP contribution in [0.4, 0.5) is 10.1 Å². The summed E-state index contributed by atoms with van der Waals surface area (Å²) in [6, 6.07) is 4.26. The molecule has 1 N–H and O–H groups in total. The van der Waals surface area contributed by atoms with Crippen molar-refractivity contribution in [3.63, 3.8) is 0 Å². The van der Waals surface area contributed by atoms with Crippen LogP contribution in [0.3, 0.4) is 0 Å². The molecule has 1 amide bonds. The number of nitrogens with one attached hydrogen (secondary N) is 1. The average Bonchev–Trinajstić information content (AvgIpc) is 2.48. The highest BCUT2D eigenvalue weighted by Crippen LogP contribution is 2.26. The zero-order valence-electron chi connectivity index (χ0n) is 11.9. The SMILES string of the molecule is COc1ccc(NC(=O)CSC2CCCCC2=O)c(F)c1. The van der Waals surface area contributed by atoms with Crippen LogP contribution in [0, 0.1) is 5.82 Å². The molecule has 0 radical (unpaired) electrons. The number of ether oxygens (including phenoxy) is 1. The first kappa shape index (κ1) is 15.8. The number of hydrogen-bond acceptors (Lipinski definition) is 4. The zero-order chi connectivity index (χ0) is 15.2. The van der Waals surface area contributed by atoms with Gasteiger partial charge in [-0.25, -0.2) is 4.39 Å². The van der Waals surface area contributed by atoms with Gasteiger partial charge in [0.2, 0.25) is 5.91 Å². The molecule has 2 rings (SSSR count). The van der Waals surface area contributed by atoms with Crippen LogP contribution < -0.4 is 10.1 Å². The molecule has 114 valence electrons. The van der Waals surface area contributed by atoms with E-state index in [9.17, 15) is 14.0 Å². The number of benzene rings is 1. The first-order chi connectivity index (χ1) is 10.1. The largest absolute Gasteiger partial charge is 0.497 e. The van der Waals surface area contributed by atoms with Gasteiger partial charge in [-0.15, -0.1) is 11.8 Å². The molecule has 0 heterocycles. The number of amides is 1. The summed E-state index contributed by atoms with van der Waals surface area (Å²) in [6.45, 7) is 0. The van der Waals surface area contributed by atoms with Crippen molar-refractivity contribution >= 4 is 29.1 Å². The van der Waals surface area contributed by atoms with Crippen molar-refractivity contribution in [2.75, 3.05) is 18.2 Å². The van der Waals surface area contributed by atoms with Gasteiger partial charge in [-0.1, -0.05) is 6.42 Å². The second-order valence-corrected chi connectivity index (χ2v) is 6.10. The summed E-state index contributed by atoms with van der Waals surface area (Å²) in [7, 11) is 1.45. The monoisotopic (exact) mass is 311 g/mol. The Balaban J connectivity index is 1.85. The first-order valence-electron chi connectivity index (χ1n) is 6.88. The van der Waals surface area contributed by atoms with E-state index in [0.29, 0.717) is 12.2 Å². The fraction of sp³-hybridized carbons (Fsp3) is 0.467. The van der Waals surface area contributed by atoms with Crippen LogP contribution in [0.5, 0.6) is 5.75 Å². The van der Waals surface area contributed by atoms with Gasteiger partial charge < -0.3 is 10.1 Å². The maximum absolute atomic E-state index is 13.7. The summed E-state index contributed by atoms with van der Waals surface area (Å²) < 4.78 is 18.6. The number of rotatable bonds is 5. The van der Waals surface area contributed by atoms with Crippen molar-refractivity contribution in [1.82, 2.24) is 0 Å².